The Kier molecular flexibility index (Phi) is 4.71. The molecular formula is C14H22N4O. The highest BCUT2D eigenvalue weighted by molar-refractivity contribution is 5.92. The van der Waals surface area contributed by atoms with Crippen LogP contribution < -0.4 is 5.32 Å². The van der Waals surface area contributed by atoms with Crippen molar-refractivity contribution < 1.29 is 4.79 Å². The Hall–Kier alpha value is -1.65. The summed E-state index contributed by atoms with van der Waals surface area (Å²) < 4.78 is 0. The number of nitrogens with zero attached hydrogens (tertiary/aromatic N) is 3. The van der Waals surface area contributed by atoms with E-state index in [-0.39, 0.29) is 5.91 Å². The van der Waals surface area contributed by atoms with Crippen molar-refractivity contribution in [1.29, 1.82) is 0 Å². The van der Waals surface area contributed by atoms with Crippen LogP contribution in [0.2, 0.25) is 0 Å². The van der Waals surface area contributed by atoms with Crippen molar-refractivity contribution in [3.63, 3.8) is 0 Å². The summed E-state index contributed by atoms with van der Waals surface area (Å²) in [5, 5.41) is 11.1. The first-order valence-electron chi connectivity index (χ1n) is 7.11. The van der Waals surface area contributed by atoms with Crippen LogP contribution in [-0.4, -0.2) is 40.6 Å². The average molecular weight is 262 g/mol. The molecule has 0 aromatic carbocycles. The molecule has 0 bridgehead atoms. The smallest absolute Gasteiger partial charge is 0.274 e. The molecule has 1 aliphatic rings. The van der Waals surface area contributed by atoms with Crippen LogP contribution >= 0.6 is 0 Å². The predicted molar refractivity (Wildman–Crippen MR) is 75.1 cm³/mol. The Morgan fingerprint density at radius 3 is 2.68 bits per heavy atom. The van der Waals surface area contributed by atoms with Gasteiger partial charge in [-0.15, -0.1) is 10.2 Å². The van der Waals surface area contributed by atoms with Gasteiger partial charge in [-0.3, -0.25) is 4.79 Å². The minimum atomic E-state index is 0.00398. The van der Waals surface area contributed by atoms with Gasteiger partial charge in [-0.1, -0.05) is 6.92 Å². The van der Waals surface area contributed by atoms with Gasteiger partial charge in [0, 0.05) is 19.6 Å². The molecule has 1 aromatic heterocycles. The zero-order valence-electron chi connectivity index (χ0n) is 11.7. The van der Waals surface area contributed by atoms with Gasteiger partial charge in [0.1, 0.15) is 5.82 Å². The van der Waals surface area contributed by atoms with Crippen LogP contribution in [0.25, 0.3) is 0 Å². The molecule has 1 fully saturated rings. The van der Waals surface area contributed by atoms with Crippen molar-refractivity contribution in [2.75, 3.05) is 25.0 Å². The van der Waals surface area contributed by atoms with Gasteiger partial charge in [-0.25, -0.2) is 0 Å². The summed E-state index contributed by atoms with van der Waals surface area (Å²) in [5.74, 6) is 1.41. The monoisotopic (exact) mass is 262 g/mol. The number of amides is 1. The Bertz CT molecular complexity index is 414. The first-order chi connectivity index (χ1) is 9.24. The Balaban J connectivity index is 2.02. The van der Waals surface area contributed by atoms with Crippen LogP contribution in [0.3, 0.4) is 0 Å². The molecule has 5 heteroatoms. The normalized spacial score (nSPS) is 14.2. The van der Waals surface area contributed by atoms with Gasteiger partial charge in [0.25, 0.3) is 5.91 Å². The van der Waals surface area contributed by atoms with Gasteiger partial charge in [-0.2, -0.15) is 0 Å². The highest BCUT2D eigenvalue weighted by Gasteiger charge is 2.27. The first kappa shape index (κ1) is 13.8. The van der Waals surface area contributed by atoms with Crippen LogP contribution in [0, 0.1) is 5.92 Å². The van der Waals surface area contributed by atoms with Crippen LogP contribution in [0.4, 0.5) is 5.82 Å². The Labute approximate surface area is 114 Å². The van der Waals surface area contributed by atoms with E-state index in [1.54, 1.807) is 6.07 Å². The summed E-state index contributed by atoms with van der Waals surface area (Å²) in [6, 6.07) is 3.56. The second kappa shape index (κ2) is 6.50. The molecule has 104 valence electrons. The average Bonchev–Trinajstić information content (AvgIpc) is 3.23. The molecule has 0 saturated heterocycles. The molecule has 1 saturated carbocycles. The lowest BCUT2D eigenvalue weighted by atomic mass is 10.2. The third-order valence-corrected chi connectivity index (χ3v) is 3.20. The SMILES string of the molecule is CCCN(CC1CC1)C(=O)c1ccc(NCC)nn1. The van der Waals surface area contributed by atoms with E-state index in [0.717, 1.165) is 26.1 Å². The summed E-state index contributed by atoms with van der Waals surface area (Å²) in [5.41, 5.74) is 0.441. The molecule has 1 heterocycles. The number of nitrogens with one attached hydrogen (secondary N) is 1. The Morgan fingerprint density at radius 1 is 1.37 bits per heavy atom. The number of carbonyl (C=O) groups excluding carboxylic acids is 1. The van der Waals surface area contributed by atoms with E-state index in [2.05, 4.69) is 22.4 Å². The number of hydrogen-bond donors (Lipinski definition) is 1. The van der Waals surface area contributed by atoms with E-state index >= 15 is 0 Å². The van der Waals surface area contributed by atoms with Crippen LogP contribution in [0.1, 0.15) is 43.6 Å². The number of carbonyl (C=O) groups is 1. The lowest BCUT2D eigenvalue weighted by molar-refractivity contribution is 0.0740. The third-order valence-electron chi connectivity index (χ3n) is 3.20. The number of rotatable bonds is 7. The zero-order valence-corrected chi connectivity index (χ0v) is 11.7. The number of aromatic nitrogens is 2. The van der Waals surface area contributed by atoms with Crippen molar-refractivity contribution in [3.05, 3.63) is 17.8 Å². The van der Waals surface area contributed by atoms with Gasteiger partial charge in [0.2, 0.25) is 0 Å². The van der Waals surface area contributed by atoms with Crippen molar-refractivity contribution in [1.82, 2.24) is 15.1 Å². The fourth-order valence-electron chi connectivity index (χ4n) is 2.04. The molecule has 2 rings (SSSR count). The van der Waals surface area contributed by atoms with E-state index in [1.165, 1.54) is 12.8 Å². The van der Waals surface area contributed by atoms with Crippen molar-refractivity contribution in [3.8, 4) is 0 Å². The van der Waals surface area contributed by atoms with Crippen LogP contribution in [0.15, 0.2) is 12.1 Å². The fourth-order valence-corrected chi connectivity index (χ4v) is 2.04. The maximum atomic E-state index is 12.4. The molecule has 19 heavy (non-hydrogen) atoms. The quantitative estimate of drug-likeness (QED) is 0.818. The third kappa shape index (κ3) is 3.91. The molecule has 1 aliphatic carbocycles. The van der Waals surface area contributed by atoms with Crippen LogP contribution in [0.5, 0.6) is 0 Å². The highest BCUT2D eigenvalue weighted by Crippen LogP contribution is 2.30. The van der Waals surface area contributed by atoms with E-state index in [4.69, 9.17) is 0 Å². The lowest BCUT2D eigenvalue weighted by Crippen LogP contribution is -2.34. The standard InChI is InChI=1S/C14H22N4O/c1-3-9-18(10-11-5-6-11)14(19)12-7-8-13(15-4-2)17-16-12/h7-8,11H,3-6,9-10H2,1-2H3,(H,15,17). The first-order valence-corrected chi connectivity index (χ1v) is 7.11. The van der Waals surface area contributed by atoms with Gasteiger partial charge in [0.05, 0.1) is 0 Å². The fraction of sp³-hybridized carbons (Fsp3) is 0.643. The van der Waals surface area contributed by atoms with Gasteiger partial charge < -0.3 is 10.2 Å². The van der Waals surface area contributed by atoms with Gasteiger partial charge in [0.15, 0.2) is 5.69 Å². The second-order valence-electron chi connectivity index (χ2n) is 5.03. The van der Waals surface area contributed by atoms with Gasteiger partial charge in [-0.05, 0) is 44.2 Å². The minimum absolute atomic E-state index is 0.00398. The number of anilines is 1. The summed E-state index contributed by atoms with van der Waals surface area (Å²) >= 11 is 0. The van der Waals surface area contributed by atoms with Gasteiger partial charge >= 0.3 is 0 Å². The largest absolute Gasteiger partial charge is 0.369 e. The summed E-state index contributed by atoms with van der Waals surface area (Å²) in [6.07, 6.45) is 3.47. The summed E-state index contributed by atoms with van der Waals surface area (Å²) in [7, 11) is 0. The van der Waals surface area contributed by atoms with Crippen molar-refractivity contribution in [2.24, 2.45) is 5.92 Å². The molecule has 0 radical (unpaired) electrons. The summed E-state index contributed by atoms with van der Waals surface area (Å²) in [4.78, 5) is 14.3. The molecule has 1 aromatic rings. The zero-order chi connectivity index (χ0) is 13.7. The molecule has 5 nitrogen and oxygen atoms in total. The molecule has 1 N–H and O–H groups in total. The molecule has 0 aliphatic heterocycles. The molecule has 0 atom stereocenters. The van der Waals surface area contributed by atoms with E-state index < -0.39 is 0 Å². The highest BCUT2D eigenvalue weighted by atomic mass is 16.2. The lowest BCUT2D eigenvalue weighted by Gasteiger charge is -2.21. The second-order valence-corrected chi connectivity index (χ2v) is 5.03. The number of hydrogen-bond acceptors (Lipinski definition) is 4. The molecule has 0 unspecified atom stereocenters. The Morgan fingerprint density at radius 2 is 2.16 bits per heavy atom. The summed E-state index contributed by atoms with van der Waals surface area (Å²) in [6.45, 7) is 6.55. The van der Waals surface area contributed by atoms with Crippen molar-refractivity contribution >= 4 is 11.7 Å². The van der Waals surface area contributed by atoms with Crippen molar-refractivity contribution in [2.45, 2.75) is 33.1 Å². The maximum absolute atomic E-state index is 12.4. The predicted octanol–water partition coefficient (Wildman–Crippen LogP) is 2.17. The van der Waals surface area contributed by atoms with E-state index in [1.807, 2.05) is 17.9 Å². The molecular weight excluding hydrogens is 240 g/mol. The maximum Gasteiger partial charge on any atom is 0.274 e. The van der Waals surface area contributed by atoms with E-state index in [0.29, 0.717) is 17.4 Å². The van der Waals surface area contributed by atoms with E-state index in [9.17, 15) is 4.79 Å². The topological polar surface area (TPSA) is 58.1 Å². The van der Waals surface area contributed by atoms with Crippen LogP contribution in [-0.2, 0) is 0 Å². The minimum Gasteiger partial charge on any atom is -0.369 e. The molecule has 1 amide bonds. The molecule has 0 spiro atoms.